The average molecular weight is 331 g/mol. The molecular weight excluding hydrogens is 310 g/mol. The summed E-state index contributed by atoms with van der Waals surface area (Å²) in [6, 6.07) is 8.09. The zero-order chi connectivity index (χ0) is 17.4. The van der Waals surface area contributed by atoms with Crippen molar-refractivity contribution in [2.24, 2.45) is 0 Å². The zero-order valence-electron chi connectivity index (χ0n) is 13.5. The normalized spacial score (nSPS) is 11.7. The Morgan fingerprint density at radius 1 is 1.33 bits per heavy atom. The smallest absolute Gasteiger partial charge is 0.408 e. The highest BCUT2D eigenvalue weighted by molar-refractivity contribution is 5.80. The highest BCUT2D eigenvalue weighted by atomic mass is 16.5. The van der Waals surface area contributed by atoms with Gasteiger partial charge in [-0.1, -0.05) is 37.3 Å². The zero-order valence-corrected chi connectivity index (χ0v) is 13.5. The van der Waals surface area contributed by atoms with Gasteiger partial charge in [0.25, 0.3) is 0 Å². The number of alkyl carbamates (subject to hydrolysis) is 1. The molecule has 2 rings (SSSR count). The van der Waals surface area contributed by atoms with Crippen molar-refractivity contribution in [3.63, 3.8) is 0 Å². The van der Waals surface area contributed by atoms with E-state index in [9.17, 15) is 14.7 Å². The molecule has 2 aromatic rings. The van der Waals surface area contributed by atoms with Crippen molar-refractivity contribution >= 4 is 12.1 Å². The number of imidazole rings is 1. The van der Waals surface area contributed by atoms with E-state index < -0.39 is 18.1 Å². The number of carbonyl (C=O) groups is 2. The lowest BCUT2D eigenvalue weighted by molar-refractivity contribution is -0.139. The van der Waals surface area contributed by atoms with Crippen LogP contribution in [0, 0.1) is 0 Å². The van der Waals surface area contributed by atoms with Crippen molar-refractivity contribution < 1.29 is 19.4 Å². The number of carboxylic acids is 1. The van der Waals surface area contributed by atoms with E-state index in [0.29, 0.717) is 5.69 Å². The topological polar surface area (TPSA) is 93.5 Å². The van der Waals surface area contributed by atoms with Gasteiger partial charge in [-0.05, 0) is 12.0 Å². The highest BCUT2D eigenvalue weighted by Gasteiger charge is 2.22. The molecule has 1 heterocycles. The molecule has 0 fully saturated rings. The molecule has 1 amide bonds. The monoisotopic (exact) mass is 331 g/mol. The third-order valence-electron chi connectivity index (χ3n) is 3.38. The molecule has 0 saturated carbocycles. The minimum absolute atomic E-state index is 0.0874. The molecule has 0 radical (unpaired) electrons. The molecule has 24 heavy (non-hydrogen) atoms. The SMILES string of the molecule is CCCn1cnc(C[C@H](NC(=O)OCc2ccccc2)C(=O)O)c1. The van der Waals surface area contributed by atoms with Crippen molar-refractivity contribution in [2.75, 3.05) is 0 Å². The van der Waals surface area contributed by atoms with Gasteiger partial charge in [-0.2, -0.15) is 0 Å². The predicted molar refractivity (Wildman–Crippen MR) is 87.4 cm³/mol. The molecule has 0 saturated heterocycles. The summed E-state index contributed by atoms with van der Waals surface area (Å²) in [7, 11) is 0. The van der Waals surface area contributed by atoms with Crippen LogP contribution in [0.25, 0.3) is 0 Å². The number of aryl methyl sites for hydroxylation is 1. The molecule has 1 aromatic heterocycles. The lowest BCUT2D eigenvalue weighted by Gasteiger charge is -2.13. The molecule has 0 aliphatic rings. The lowest BCUT2D eigenvalue weighted by atomic mass is 10.2. The fraction of sp³-hybridized carbons (Fsp3) is 0.353. The maximum atomic E-state index is 11.8. The van der Waals surface area contributed by atoms with Gasteiger partial charge in [-0.15, -0.1) is 0 Å². The number of nitrogens with zero attached hydrogens (tertiary/aromatic N) is 2. The van der Waals surface area contributed by atoms with E-state index in [-0.39, 0.29) is 13.0 Å². The Labute approximate surface area is 140 Å². The van der Waals surface area contributed by atoms with Gasteiger partial charge in [0.2, 0.25) is 0 Å². The van der Waals surface area contributed by atoms with Gasteiger partial charge < -0.3 is 19.7 Å². The molecule has 0 aliphatic heterocycles. The van der Waals surface area contributed by atoms with Crippen LogP contribution in [0.5, 0.6) is 0 Å². The fourth-order valence-electron chi connectivity index (χ4n) is 2.21. The van der Waals surface area contributed by atoms with E-state index >= 15 is 0 Å². The van der Waals surface area contributed by atoms with Crippen LogP contribution in [0.3, 0.4) is 0 Å². The first-order chi connectivity index (χ1) is 11.6. The molecule has 7 nitrogen and oxygen atoms in total. The van der Waals surface area contributed by atoms with Crippen molar-refractivity contribution in [2.45, 2.75) is 39.0 Å². The van der Waals surface area contributed by atoms with Crippen molar-refractivity contribution in [1.29, 1.82) is 0 Å². The lowest BCUT2D eigenvalue weighted by Crippen LogP contribution is -2.42. The molecule has 0 bridgehead atoms. The molecule has 0 unspecified atom stereocenters. The van der Waals surface area contributed by atoms with E-state index in [2.05, 4.69) is 10.3 Å². The van der Waals surface area contributed by atoms with Gasteiger partial charge in [0.1, 0.15) is 12.6 Å². The Bertz CT molecular complexity index is 669. The maximum Gasteiger partial charge on any atom is 0.408 e. The number of carbonyl (C=O) groups excluding carboxylic acids is 1. The number of carboxylic acid groups (broad SMARTS) is 1. The number of rotatable bonds is 8. The fourth-order valence-corrected chi connectivity index (χ4v) is 2.21. The van der Waals surface area contributed by atoms with E-state index in [4.69, 9.17) is 4.74 Å². The molecule has 2 N–H and O–H groups in total. The van der Waals surface area contributed by atoms with Crippen LogP contribution in [-0.4, -0.2) is 32.8 Å². The van der Waals surface area contributed by atoms with E-state index in [1.165, 1.54) is 0 Å². The van der Waals surface area contributed by atoms with Crippen LogP contribution >= 0.6 is 0 Å². The molecule has 0 spiro atoms. The first-order valence-corrected chi connectivity index (χ1v) is 7.79. The van der Waals surface area contributed by atoms with Gasteiger partial charge in [0.15, 0.2) is 0 Å². The molecule has 1 atom stereocenters. The number of benzene rings is 1. The number of aliphatic carboxylic acids is 1. The second-order valence-electron chi connectivity index (χ2n) is 5.40. The van der Waals surface area contributed by atoms with Crippen LogP contribution < -0.4 is 5.32 Å². The van der Waals surface area contributed by atoms with Gasteiger partial charge in [-0.3, -0.25) is 0 Å². The minimum atomic E-state index is -1.13. The first-order valence-electron chi connectivity index (χ1n) is 7.79. The van der Waals surface area contributed by atoms with Gasteiger partial charge >= 0.3 is 12.1 Å². The van der Waals surface area contributed by atoms with Crippen LogP contribution in [0.4, 0.5) is 4.79 Å². The highest BCUT2D eigenvalue weighted by Crippen LogP contribution is 2.04. The number of hydrogen-bond donors (Lipinski definition) is 2. The largest absolute Gasteiger partial charge is 0.480 e. The molecular formula is C17H21N3O4. The number of ether oxygens (including phenoxy) is 1. The van der Waals surface area contributed by atoms with E-state index in [1.54, 1.807) is 12.5 Å². The second kappa shape index (κ2) is 8.71. The summed E-state index contributed by atoms with van der Waals surface area (Å²) in [6.07, 6.45) is 3.75. The summed E-state index contributed by atoms with van der Waals surface area (Å²) in [4.78, 5) is 27.3. The molecule has 0 aliphatic carbocycles. The Hall–Kier alpha value is -2.83. The Morgan fingerprint density at radius 3 is 2.75 bits per heavy atom. The maximum absolute atomic E-state index is 11.8. The summed E-state index contributed by atoms with van der Waals surface area (Å²) in [5.74, 6) is -1.13. The minimum Gasteiger partial charge on any atom is -0.480 e. The Balaban J connectivity index is 1.87. The summed E-state index contributed by atoms with van der Waals surface area (Å²) >= 11 is 0. The number of amides is 1. The number of nitrogens with one attached hydrogen (secondary N) is 1. The van der Waals surface area contributed by atoms with Crippen molar-refractivity contribution in [3.8, 4) is 0 Å². The van der Waals surface area contributed by atoms with Gasteiger partial charge in [0, 0.05) is 19.2 Å². The number of hydrogen-bond acceptors (Lipinski definition) is 4. The Kier molecular flexibility index (Phi) is 6.36. The third-order valence-corrected chi connectivity index (χ3v) is 3.38. The van der Waals surface area contributed by atoms with E-state index in [1.807, 2.05) is 41.8 Å². The second-order valence-corrected chi connectivity index (χ2v) is 5.40. The molecule has 1 aromatic carbocycles. The van der Waals surface area contributed by atoms with Crippen LogP contribution in [-0.2, 0) is 29.1 Å². The third kappa shape index (κ3) is 5.42. The predicted octanol–water partition coefficient (Wildman–Crippen LogP) is 2.22. The quantitative estimate of drug-likeness (QED) is 0.773. The van der Waals surface area contributed by atoms with Crippen molar-refractivity contribution in [1.82, 2.24) is 14.9 Å². The van der Waals surface area contributed by atoms with E-state index in [0.717, 1.165) is 18.5 Å². The molecule has 7 heteroatoms. The van der Waals surface area contributed by atoms with Crippen molar-refractivity contribution in [3.05, 3.63) is 54.1 Å². The molecule has 128 valence electrons. The Morgan fingerprint density at radius 2 is 2.08 bits per heavy atom. The summed E-state index contributed by atoms with van der Waals surface area (Å²) in [5, 5.41) is 11.6. The summed E-state index contributed by atoms with van der Waals surface area (Å²) in [5.41, 5.74) is 1.44. The van der Waals surface area contributed by atoms with Crippen LogP contribution in [0.1, 0.15) is 24.6 Å². The first kappa shape index (κ1) is 17.5. The summed E-state index contributed by atoms with van der Waals surface area (Å²) < 4.78 is 6.94. The van der Waals surface area contributed by atoms with Crippen LogP contribution in [0.15, 0.2) is 42.9 Å². The standard InChI is InChI=1S/C17H21N3O4/c1-2-8-20-10-14(18-12-20)9-15(16(21)22)19-17(23)24-11-13-6-4-3-5-7-13/h3-7,10,12,15H,2,8-9,11H2,1H3,(H,19,23)(H,21,22)/t15-/m0/s1. The average Bonchev–Trinajstić information content (AvgIpc) is 3.01. The number of aromatic nitrogens is 2. The van der Waals surface area contributed by atoms with Gasteiger partial charge in [-0.25, -0.2) is 14.6 Å². The van der Waals surface area contributed by atoms with Crippen LogP contribution in [0.2, 0.25) is 0 Å². The van der Waals surface area contributed by atoms with Gasteiger partial charge in [0.05, 0.1) is 12.0 Å². The summed E-state index contributed by atoms with van der Waals surface area (Å²) in [6.45, 7) is 2.95.